The molecule has 0 radical (unpaired) electrons. The smallest absolute Gasteiger partial charge is 0.255 e. The van der Waals surface area contributed by atoms with Crippen LogP contribution in [-0.2, 0) is 0 Å². The van der Waals surface area contributed by atoms with Gasteiger partial charge in [-0.05, 0) is 37.3 Å². The molecule has 2 aromatic rings. The van der Waals surface area contributed by atoms with Crippen molar-refractivity contribution in [1.29, 1.82) is 0 Å². The van der Waals surface area contributed by atoms with Gasteiger partial charge in [-0.25, -0.2) is 4.39 Å². The highest BCUT2D eigenvalue weighted by Crippen LogP contribution is 2.26. The Morgan fingerprint density at radius 3 is 2.68 bits per heavy atom. The number of hydrogen-bond acceptors (Lipinski definition) is 3. The molecule has 22 heavy (non-hydrogen) atoms. The largest absolute Gasteiger partial charge is 0.492 e. The number of ether oxygens (including phenoxy) is 1. The van der Waals surface area contributed by atoms with Crippen LogP contribution in [0, 0.1) is 5.82 Å². The van der Waals surface area contributed by atoms with Crippen LogP contribution in [0.1, 0.15) is 17.3 Å². The molecule has 0 aliphatic heterocycles. The molecule has 0 heterocycles. The minimum atomic E-state index is -0.406. The second-order valence-corrected chi connectivity index (χ2v) is 4.97. The Balaban J connectivity index is 2.23. The molecule has 0 saturated heterocycles. The molecule has 0 unspecified atom stereocenters. The number of hydrogen-bond donors (Lipinski definition) is 1. The Morgan fingerprint density at radius 2 is 2.00 bits per heavy atom. The average molecular weight is 302 g/mol. The zero-order chi connectivity index (χ0) is 16.1. The molecule has 2 rings (SSSR count). The summed E-state index contributed by atoms with van der Waals surface area (Å²) in [5.74, 6) is -0.355. The van der Waals surface area contributed by atoms with Crippen molar-refractivity contribution >= 4 is 17.3 Å². The first-order valence-electron chi connectivity index (χ1n) is 7.02. The fraction of sp³-hybridized carbons (Fsp3) is 0.235. The molecule has 0 aliphatic carbocycles. The highest BCUT2D eigenvalue weighted by Gasteiger charge is 2.11. The van der Waals surface area contributed by atoms with Crippen molar-refractivity contribution in [3.8, 4) is 5.75 Å². The van der Waals surface area contributed by atoms with E-state index in [1.807, 2.05) is 31.1 Å². The van der Waals surface area contributed by atoms with E-state index in [1.165, 1.54) is 18.2 Å². The lowest BCUT2D eigenvalue weighted by molar-refractivity contribution is 0.102. The van der Waals surface area contributed by atoms with Crippen LogP contribution < -0.4 is 15.0 Å². The van der Waals surface area contributed by atoms with E-state index in [-0.39, 0.29) is 5.91 Å². The van der Waals surface area contributed by atoms with Gasteiger partial charge in [-0.1, -0.05) is 6.07 Å². The van der Waals surface area contributed by atoms with E-state index < -0.39 is 5.82 Å². The molecule has 0 fully saturated rings. The predicted octanol–water partition coefficient (Wildman–Crippen LogP) is 3.54. The van der Waals surface area contributed by atoms with Gasteiger partial charge in [-0.3, -0.25) is 4.79 Å². The molecule has 4 nitrogen and oxygen atoms in total. The van der Waals surface area contributed by atoms with Crippen LogP contribution >= 0.6 is 0 Å². The molecule has 0 saturated carbocycles. The van der Waals surface area contributed by atoms with Gasteiger partial charge in [0.05, 0.1) is 12.3 Å². The molecule has 5 heteroatoms. The van der Waals surface area contributed by atoms with Crippen LogP contribution in [0.4, 0.5) is 15.8 Å². The number of nitrogens with one attached hydrogen (secondary N) is 1. The molecule has 0 aliphatic rings. The number of amides is 1. The fourth-order valence-electron chi connectivity index (χ4n) is 1.99. The molecule has 0 bridgehead atoms. The lowest BCUT2D eigenvalue weighted by Crippen LogP contribution is -2.15. The van der Waals surface area contributed by atoms with Gasteiger partial charge in [0.15, 0.2) is 0 Å². The molecular weight excluding hydrogens is 283 g/mol. The predicted molar refractivity (Wildman–Crippen MR) is 86.3 cm³/mol. The maximum Gasteiger partial charge on any atom is 0.255 e. The Bertz CT molecular complexity index is 671. The molecular formula is C17H19FN2O2. The van der Waals surface area contributed by atoms with E-state index in [9.17, 15) is 9.18 Å². The molecule has 0 atom stereocenters. The maximum atomic E-state index is 13.3. The molecule has 1 amide bonds. The van der Waals surface area contributed by atoms with Gasteiger partial charge in [-0.2, -0.15) is 0 Å². The van der Waals surface area contributed by atoms with Crippen LogP contribution in [0.15, 0.2) is 42.5 Å². The summed E-state index contributed by atoms with van der Waals surface area (Å²) in [5.41, 5.74) is 1.90. The lowest BCUT2D eigenvalue weighted by atomic mass is 10.1. The van der Waals surface area contributed by atoms with Gasteiger partial charge >= 0.3 is 0 Å². The lowest BCUT2D eigenvalue weighted by Gasteiger charge is -2.14. The van der Waals surface area contributed by atoms with E-state index in [2.05, 4.69) is 5.32 Å². The van der Waals surface area contributed by atoms with Crippen LogP contribution in [0.3, 0.4) is 0 Å². The molecule has 2 aromatic carbocycles. The first-order chi connectivity index (χ1) is 10.5. The standard InChI is InChI=1S/C17H19FN2O2/c1-4-22-16-11-13(18)8-9-15(16)19-17(21)12-6-5-7-14(10-12)20(2)3/h5-11H,4H2,1-3H3,(H,19,21). The zero-order valence-electron chi connectivity index (χ0n) is 12.9. The summed E-state index contributed by atoms with van der Waals surface area (Å²) in [6.07, 6.45) is 0. The van der Waals surface area contributed by atoms with Crippen molar-refractivity contribution in [2.24, 2.45) is 0 Å². The van der Waals surface area contributed by atoms with Crippen LogP contribution in [0.5, 0.6) is 5.75 Å². The van der Waals surface area contributed by atoms with Crippen LogP contribution in [0.2, 0.25) is 0 Å². The number of nitrogens with zero attached hydrogens (tertiary/aromatic N) is 1. The highest BCUT2D eigenvalue weighted by atomic mass is 19.1. The Hall–Kier alpha value is -2.56. The van der Waals surface area contributed by atoms with Gasteiger partial charge in [0.2, 0.25) is 0 Å². The molecule has 0 spiro atoms. The first kappa shape index (κ1) is 15.8. The molecule has 1 N–H and O–H groups in total. The number of carbonyl (C=O) groups excluding carboxylic acids is 1. The summed E-state index contributed by atoms with van der Waals surface area (Å²) in [6.45, 7) is 2.19. The van der Waals surface area contributed by atoms with Gasteiger partial charge < -0.3 is 15.0 Å². The van der Waals surface area contributed by atoms with E-state index >= 15 is 0 Å². The number of halogens is 1. The Labute approximate surface area is 129 Å². The van der Waals surface area contributed by atoms with Gasteiger partial charge in [0, 0.05) is 31.4 Å². The SMILES string of the molecule is CCOc1cc(F)ccc1NC(=O)c1cccc(N(C)C)c1. The van der Waals surface area contributed by atoms with Crippen molar-refractivity contribution < 1.29 is 13.9 Å². The third kappa shape index (κ3) is 3.75. The molecule has 116 valence electrons. The monoisotopic (exact) mass is 302 g/mol. The zero-order valence-corrected chi connectivity index (χ0v) is 12.9. The Morgan fingerprint density at radius 1 is 1.23 bits per heavy atom. The number of benzene rings is 2. The first-order valence-corrected chi connectivity index (χ1v) is 7.02. The van der Waals surface area contributed by atoms with E-state index in [0.717, 1.165) is 5.69 Å². The summed E-state index contributed by atoms with van der Waals surface area (Å²) in [6, 6.07) is 11.3. The summed E-state index contributed by atoms with van der Waals surface area (Å²) >= 11 is 0. The summed E-state index contributed by atoms with van der Waals surface area (Å²) < 4.78 is 18.6. The third-order valence-corrected chi connectivity index (χ3v) is 3.12. The van der Waals surface area contributed by atoms with E-state index in [1.54, 1.807) is 19.1 Å². The van der Waals surface area contributed by atoms with Crippen LogP contribution in [-0.4, -0.2) is 26.6 Å². The topological polar surface area (TPSA) is 41.6 Å². The number of carbonyl (C=O) groups is 1. The minimum Gasteiger partial charge on any atom is -0.492 e. The van der Waals surface area contributed by atoms with Crippen molar-refractivity contribution in [2.45, 2.75) is 6.92 Å². The maximum absolute atomic E-state index is 13.3. The minimum absolute atomic E-state index is 0.267. The quantitative estimate of drug-likeness (QED) is 0.918. The van der Waals surface area contributed by atoms with Crippen molar-refractivity contribution in [3.05, 3.63) is 53.8 Å². The highest BCUT2D eigenvalue weighted by molar-refractivity contribution is 6.05. The van der Waals surface area contributed by atoms with Gasteiger partial charge in [-0.15, -0.1) is 0 Å². The van der Waals surface area contributed by atoms with Crippen molar-refractivity contribution in [3.63, 3.8) is 0 Å². The van der Waals surface area contributed by atoms with Crippen molar-refractivity contribution in [1.82, 2.24) is 0 Å². The average Bonchev–Trinajstić information content (AvgIpc) is 2.50. The summed E-state index contributed by atoms with van der Waals surface area (Å²) in [4.78, 5) is 14.3. The van der Waals surface area contributed by atoms with E-state index in [0.29, 0.717) is 23.6 Å². The Kier molecular flexibility index (Phi) is 4.99. The number of rotatable bonds is 5. The van der Waals surface area contributed by atoms with Crippen molar-refractivity contribution in [2.75, 3.05) is 30.9 Å². The van der Waals surface area contributed by atoms with Crippen LogP contribution in [0.25, 0.3) is 0 Å². The van der Waals surface area contributed by atoms with Gasteiger partial charge in [0.25, 0.3) is 5.91 Å². The fourth-order valence-corrected chi connectivity index (χ4v) is 1.99. The van der Waals surface area contributed by atoms with E-state index in [4.69, 9.17) is 4.74 Å². The van der Waals surface area contributed by atoms with Gasteiger partial charge in [0.1, 0.15) is 11.6 Å². The summed E-state index contributed by atoms with van der Waals surface area (Å²) in [7, 11) is 3.81. The number of anilines is 2. The third-order valence-electron chi connectivity index (χ3n) is 3.12. The molecule has 0 aromatic heterocycles. The second-order valence-electron chi connectivity index (χ2n) is 4.97. The second kappa shape index (κ2) is 6.93. The normalized spacial score (nSPS) is 10.2. The summed E-state index contributed by atoms with van der Waals surface area (Å²) in [5, 5.41) is 2.76.